The zero-order valence-electron chi connectivity index (χ0n) is 18.5. The van der Waals surface area contributed by atoms with Gasteiger partial charge in [0.25, 0.3) is 0 Å². The van der Waals surface area contributed by atoms with Gasteiger partial charge in [-0.05, 0) is 24.1 Å². The number of aliphatic hydroxyl groups excluding tert-OH is 5. The molecule has 0 saturated carbocycles. The maximum atomic E-state index is 11.1. The highest BCUT2D eigenvalue weighted by atomic mass is 16.7. The van der Waals surface area contributed by atoms with Crippen LogP contribution in [0.4, 0.5) is 0 Å². The number of aliphatic carboxylic acids is 1. The number of aliphatic hydroxyl groups is 6. The number of carboxylic acid groups (broad SMARTS) is 1. The average molecular weight is 500 g/mol. The third-order valence-corrected chi connectivity index (χ3v) is 6.16. The fourth-order valence-electron chi connectivity index (χ4n) is 3.99. The first kappa shape index (κ1) is 25.8. The molecule has 2 aromatic rings. The highest BCUT2D eigenvalue weighted by Crippen LogP contribution is 2.32. The first-order valence-electron chi connectivity index (χ1n) is 11.0. The van der Waals surface area contributed by atoms with Gasteiger partial charge in [0.05, 0.1) is 26.1 Å². The molecule has 0 aliphatic carbocycles. The smallest absolute Gasteiger partial charge is 0.303 e. The van der Waals surface area contributed by atoms with Gasteiger partial charge in [-0.3, -0.25) is 4.79 Å². The van der Waals surface area contributed by atoms with Crippen LogP contribution in [-0.4, -0.2) is 110 Å². The second-order valence-corrected chi connectivity index (χ2v) is 8.66. The number of hydrogen-bond acceptors (Lipinski definition) is 12. The van der Waals surface area contributed by atoms with Gasteiger partial charge in [-0.25, -0.2) is 0 Å². The summed E-state index contributed by atoms with van der Waals surface area (Å²) in [7, 11) is 0. The number of fused-ring (bicyclic) bond motifs is 1. The van der Waals surface area contributed by atoms with E-state index in [2.05, 4.69) is 0 Å². The highest BCUT2D eigenvalue weighted by Gasteiger charge is 2.50. The average Bonchev–Trinajstić information content (AvgIpc) is 3.41. The van der Waals surface area contributed by atoms with E-state index in [0.717, 1.165) is 0 Å². The Bertz CT molecular complexity index is 1020. The first-order valence-corrected chi connectivity index (χ1v) is 11.0. The van der Waals surface area contributed by atoms with Gasteiger partial charge in [-0.15, -0.1) is 0 Å². The number of carboxylic acids is 1. The maximum absolute atomic E-state index is 11.1. The van der Waals surface area contributed by atoms with E-state index in [1.165, 1.54) is 12.3 Å². The van der Waals surface area contributed by atoms with Crippen LogP contribution in [0.15, 0.2) is 28.9 Å². The van der Waals surface area contributed by atoms with Crippen molar-refractivity contribution in [1.82, 2.24) is 0 Å². The van der Waals surface area contributed by atoms with Gasteiger partial charge in [0, 0.05) is 17.9 Å². The lowest BCUT2D eigenvalue weighted by molar-refractivity contribution is -0.289. The standard InChI is InChI=1S/C22H28O13/c23-8-22(30)9-33-21(19(22)29)32-7-14-16(26)17(27)18(28)20(35-14)34-13-6-12-11(3-4-31-12)5-10(13)1-2-15(24)25/h3-6,14,16-21,23,26-30H,1-2,7-9H2,(H,24,25)/t14-,16-,17+,18-,19+,20-,21-,22-/m1/s1. The summed E-state index contributed by atoms with van der Waals surface area (Å²) >= 11 is 0. The Kier molecular flexibility index (Phi) is 7.61. The van der Waals surface area contributed by atoms with Crippen molar-refractivity contribution in [1.29, 1.82) is 0 Å². The van der Waals surface area contributed by atoms with Crippen molar-refractivity contribution in [2.24, 2.45) is 0 Å². The fraction of sp³-hybridized carbons (Fsp3) is 0.591. The molecule has 1 aromatic carbocycles. The molecule has 35 heavy (non-hydrogen) atoms. The molecule has 2 saturated heterocycles. The monoisotopic (exact) mass is 500 g/mol. The molecule has 0 bridgehead atoms. The molecule has 194 valence electrons. The predicted octanol–water partition coefficient (Wildman–Crippen LogP) is -1.91. The van der Waals surface area contributed by atoms with E-state index < -0.39 is 67.9 Å². The van der Waals surface area contributed by atoms with E-state index in [9.17, 15) is 35.4 Å². The molecule has 0 spiro atoms. The summed E-state index contributed by atoms with van der Waals surface area (Å²) in [5, 5.41) is 70.3. The zero-order chi connectivity index (χ0) is 25.3. The third-order valence-electron chi connectivity index (χ3n) is 6.16. The number of aryl methyl sites for hydroxylation is 1. The Labute approximate surface area is 198 Å². The van der Waals surface area contributed by atoms with Gasteiger partial charge in [-0.2, -0.15) is 0 Å². The van der Waals surface area contributed by atoms with Crippen LogP contribution in [0.25, 0.3) is 11.0 Å². The van der Waals surface area contributed by atoms with Gasteiger partial charge in [0.2, 0.25) is 6.29 Å². The Balaban J connectivity index is 1.48. The number of benzene rings is 1. The topological polar surface area (TPSA) is 209 Å². The van der Waals surface area contributed by atoms with Gasteiger partial charge < -0.3 is 59.1 Å². The lowest BCUT2D eigenvalue weighted by atomic mass is 9.99. The SMILES string of the molecule is O=C(O)CCc1cc2ccoc2cc1O[C@@H]1O[C@H](CO[C@@H]2OC[C@](O)(CO)[C@H]2O)[C@@H](O)[C@H](O)[C@H]1O. The van der Waals surface area contributed by atoms with Crippen LogP contribution in [0.5, 0.6) is 5.75 Å². The molecule has 0 radical (unpaired) electrons. The molecule has 13 nitrogen and oxygen atoms in total. The van der Waals surface area contributed by atoms with Crippen molar-refractivity contribution in [2.75, 3.05) is 19.8 Å². The summed E-state index contributed by atoms with van der Waals surface area (Å²) in [6.45, 7) is -1.58. The fourth-order valence-corrected chi connectivity index (χ4v) is 3.99. The van der Waals surface area contributed by atoms with Crippen molar-refractivity contribution in [2.45, 2.75) is 61.5 Å². The quantitative estimate of drug-likeness (QED) is 0.201. The van der Waals surface area contributed by atoms with Crippen molar-refractivity contribution in [3.05, 3.63) is 30.0 Å². The van der Waals surface area contributed by atoms with E-state index in [1.807, 2.05) is 0 Å². The third kappa shape index (κ3) is 5.28. The van der Waals surface area contributed by atoms with E-state index in [-0.39, 0.29) is 25.2 Å². The minimum atomic E-state index is -1.91. The molecule has 0 amide bonds. The van der Waals surface area contributed by atoms with Crippen molar-refractivity contribution in [3.63, 3.8) is 0 Å². The minimum Gasteiger partial charge on any atom is -0.481 e. The van der Waals surface area contributed by atoms with E-state index in [1.54, 1.807) is 12.1 Å². The van der Waals surface area contributed by atoms with Gasteiger partial charge >= 0.3 is 5.97 Å². The number of rotatable bonds is 9. The number of ether oxygens (including phenoxy) is 4. The molecule has 8 atom stereocenters. The van der Waals surface area contributed by atoms with Crippen LogP contribution < -0.4 is 4.74 Å². The second-order valence-electron chi connectivity index (χ2n) is 8.66. The Morgan fingerprint density at radius 2 is 1.89 bits per heavy atom. The molecule has 13 heteroatoms. The van der Waals surface area contributed by atoms with Crippen molar-refractivity contribution >= 4 is 16.9 Å². The van der Waals surface area contributed by atoms with Gasteiger partial charge in [0.1, 0.15) is 47.5 Å². The van der Waals surface area contributed by atoms with Crippen molar-refractivity contribution in [3.8, 4) is 5.75 Å². The van der Waals surface area contributed by atoms with Gasteiger partial charge in [-0.1, -0.05) is 0 Å². The predicted molar refractivity (Wildman–Crippen MR) is 113 cm³/mol. The molecule has 3 heterocycles. The lowest BCUT2D eigenvalue weighted by Crippen LogP contribution is -2.60. The van der Waals surface area contributed by atoms with Crippen LogP contribution in [0.3, 0.4) is 0 Å². The molecule has 2 aliphatic heterocycles. The van der Waals surface area contributed by atoms with E-state index in [0.29, 0.717) is 16.5 Å². The summed E-state index contributed by atoms with van der Waals surface area (Å²) in [4.78, 5) is 11.1. The summed E-state index contributed by atoms with van der Waals surface area (Å²) < 4.78 is 27.3. The molecular formula is C22H28O13. The highest BCUT2D eigenvalue weighted by molar-refractivity contribution is 5.80. The number of furan rings is 1. The van der Waals surface area contributed by atoms with Crippen LogP contribution in [0.2, 0.25) is 0 Å². The Morgan fingerprint density at radius 3 is 2.57 bits per heavy atom. The molecule has 2 aliphatic rings. The Morgan fingerprint density at radius 1 is 1.11 bits per heavy atom. The van der Waals surface area contributed by atoms with Gasteiger partial charge in [0.15, 0.2) is 6.29 Å². The maximum Gasteiger partial charge on any atom is 0.303 e. The van der Waals surface area contributed by atoms with E-state index in [4.69, 9.17) is 28.5 Å². The second kappa shape index (κ2) is 10.3. The van der Waals surface area contributed by atoms with Crippen molar-refractivity contribution < 1.29 is 63.9 Å². The molecule has 0 unspecified atom stereocenters. The molecule has 2 fully saturated rings. The molecular weight excluding hydrogens is 472 g/mol. The molecule has 7 N–H and O–H groups in total. The lowest BCUT2D eigenvalue weighted by Gasteiger charge is -2.40. The minimum absolute atomic E-state index is 0.108. The molecule has 1 aromatic heterocycles. The summed E-state index contributed by atoms with van der Waals surface area (Å²) in [6.07, 6.45) is -9.23. The van der Waals surface area contributed by atoms with Crippen LogP contribution in [-0.2, 0) is 25.4 Å². The van der Waals surface area contributed by atoms with E-state index >= 15 is 0 Å². The normalized spacial score (nSPS) is 35.4. The van der Waals surface area contributed by atoms with Crippen LogP contribution in [0.1, 0.15) is 12.0 Å². The summed E-state index contributed by atoms with van der Waals surface area (Å²) in [6, 6.07) is 4.88. The summed E-state index contributed by atoms with van der Waals surface area (Å²) in [5.74, 6) is -0.860. The van der Waals surface area contributed by atoms with Crippen LogP contribution in [0, 0.1) is 0 Å². The molecule has 4 rings (SSSR count). The Hall–Kier alpha value is -2.33. The number of carbonyl (C=O) groups is 1. The van der Waals surface area contributed by atoms with Crippen LogP contribution >= 0.6 is 0 Å². The largest absolute Gasteiger partial charge is 0.481 e. The first-order chi connectivity index (χ1) is 16.6. The zero-order valence-corrected chi connectivity index (χ0v) is 18.5. The summed E-state index contributed by atoms with van der Waals surface area (Å²) in [5.41, 5.74) is -0.973. The number of hydrogen-bond donors (Lipinski definition) is 7.